The van der Waals surface area contributed by atoms with Crippen molar-refractivity contribution >= 4 is 22.5 Å². The van der Waals surface area contributed by atoms with Crippen LogP contribution in [-0.2, 0) is 24.3 Å². The van der Waals surface area contributed by atoms with Crippen molar-refractivity contribution < 1.29 is 9.53 Å². The first-order chi connectivity index (χ1) is 20.5. The molecule has 4 aliphatic rings. The summed E-state index contributed by atoms with van der Waals surface area (Å²) < 4.78 is 6.29. The van der Waals surface area contributed by atoms with E-state index in [1.165, 1.54) is 34.4 Å². The third kappa shape index (κ3) is 4.69. The highest BCUT2D eigenvalue weighted by Gasteiger charge is 2.38. The molecule has 1 aliphatic carbocycles. The van der Waals surface area contributed by atoms with Gasteiger partial charge in [-0.25, -0.2) is 0 Å². The van der Waals surface area contributed by atoms with Gasteiger partial charge in [0.05, 0.1) is 24.2 Å². The summed E-state index contributed by atoms with van der Waals surface area (Å²) in [6, 6.07) is 16.4. The van der Waals surface area contributed by atoms with Gasteiger partial charge in [0.15, 0.2) is 0 Å². The smallest absolute Gasteiger partial charge is 0.318 e. The molecule has 9 nitrogen and oxygen atoms in total. The Kier molecular flexibility index (Phi) is 7.04. The first-order valence-electron chi connectivity index (χ1n) is 15.1. The predicted molar refractivity (Wildman–Crippen MR) is 161 cm³/mol. The van der Waals surface area contributed by atoms with E-state index in [0.717, 1.165) is 49.6 Å². The number of nitrogens with zero attached hydrogens (tertiary/aromatic N) is 7. The number of hydrogen-bond acceptors (Lipinski definition) is 8. The number of aromatic nitrogens is 2. The highest BCUT2D eigenvalue weighted by Crippen LogP contribution is 2.44. The zero-order valence-corrected chi connectivity index (χ0v) is 24.2. The van der Waals surface area contributed by atoms with Crippen LogP contribution < -0.4 is 9.64 Å². The number of piperazine rings is 1. The van der Waals surface area contributed by atoms with Gasteiger partial charge in [0.1, 0.15) is 12.4 Å². The van der Waals surface area contributed by atoms with Crippen LogP contribution >= 0.6 is 0 Å². The quantitative estimate of drug-likeness (QED) is 0.401. The molecule has 2 saturated heterocycles. The molecule has 0 unspecified atom stereocenters. The van der Waals surface area contributed by atoms with Crippen molar-refractivity contribution in [3.8, 4) is 12.1 Å². The predicted octanol–water partition coefficient (Wildman–Crippen LogP) is 3.83. The van der Waals surface area contributed by atoms with Gasteiger partial charge in [-0.1, -0.05) is 43.0 Å². The highest BCUT2D eigenvalue weighted by atomic mass is 16.5. The lowest BCUT2D eigenvalue weighted by molar-refractivity contribution is -0.128. The van der Waals surface area contributed by atoms with Gasteiger partial charge in [-0.05, 0) is 60.8 Å². The maximum atomic E-state index is 12.6. The van der Waals surface area contributed by atoms with E-state index in [9.17, 15) is 10.1 Å². The van der Waals surface area contributed by atoms with Crippen LogP contribution in [0.2, 0.25) is 0 Å². The molecule has 1 aromatic heterocycles. The molecule has 0 N–H and O–H groups in total. The molecule has 0 spiro atoms. The second kappa shape index (κ2) is 11.0. The van der Waals surface area contributed by atoms with Crippen molar-refractivity contribution in [2.45, 2.75) is 56.9 Å². The maximum absolute atomic E-state index is 12.6. The summed E-state index contributed by atoms with van der Waals surface area (Å²) >= 11 is 0. The Morgan fingerprint density at radius 3 is 2.79 bits per heavy atom. The number of hydrogen-bond donors (Lipinski definition) is 0. The largest absolute Gasteiger partial charge is 0.462 e. The number of benzene rings is 2. The number of likely N-dealkylation sites (tertiary alicyclic amines) is 1. The van der Waals surface area contributed by atoms with Gasteiger partial charge in [-0.15, -0.1) is 0 Å². The van der Waals surface area contributed by atoms with Gasteiger partial charge in [0.25, 0.3) is 0 Å². The van der Waals surface area contributed by atoms with Gasteiger partial charge >= 0.3 is 6.01 Å². The molecule has 4 heterocycles. The van der Waals surface area contributed by atoms with Crippen LogP contribution in [0.25, 0.3) is 10.8 Å². The Labute approximate surface area is 247 Å². The number of fused-ring (bicyclic) bond motifs is 1. The summed E-state index contributed by atoms with van der Waals surface area (Å²) in [5.41, 5.74) is 4.93. The van der Waals surface area contributed by atoms with E-state index in [0.29, 0.717) is 38.3 Å². The van der Waals surface area contributed by atoms with Crippen molar-refractivity contribution in [3.63, 3.8) is 0 Å². The highest BCUT2D eigenvalue weighted by molar-refractivity contribution is 5.91. The Morgan fingerprint density at radius 1 is 1.14 bits per heavy atom. The van der Waals surface area contributed by atoms with E-state index in [2.05, 4.69) is 70.8 Å². The Bertz CT molecular complexity index is 1580. The summed E-state index contributed by atoms with van der Waals surface area (Å²) in [6.07, 6.45) is 4.88. The van der Waals surface area contributed by atoms with Crippen LogP contribution in [0, 0.1) is 11.3 Å². The molecule has 7 rings (SSSR count). The minimum Gasteiger partial charge on any atom is -0.462 e. The molecule has 0 saturated carbocycles. The lowest BCUT2D eigenvalue weighted by atomic mass is 10.0. The van der Waals surface area contributed by atoms with E-state index in [1.807, 2.05) is 0 Å². The maximum Gasteiger partial charge on any atom is 0.318 e. The van der Waals surface area contributed by atoms with Crippen molar-refractivity contribution in [2.24, 2.45) is 0 Å². The first kappa shape index (κ1) is 26.9. The van der Waals surface area contributed by atoms with E-state index in [1.54, 1.807) is 4.90 Å². The lowest BCUT2D eigenvalue weighted by Crippen LogP contribution is -2.55. The van der Waals surface area contributed by atoms with Crippen LogP contribution in [0.15, 0.2) is 49.1 Å². The van der Waals surface area contributed by atoms with E-state index in [4.69, 9.17) is 14.7 Å². The van der Waals surface area contributed by atoms with Crippen LogP contribution in [0.5, 0.6) is 6.01 Å². The summed E-state index contributed by atoms with van der Waals surface area (Å²) in [5.74, 6) is 0.744. The monoisotopic (exact) mass is 563 g/mol. The minimum absolute atomic E-state index is 0.131. The van der Waals surface area contributed by atoms with Gasteiger partial charge < -0.3 is 19.4 Å². The standard InChI is InChI=1S/C33H37N7O2/c1-3-30(41)40-16-15-38(18-24(40)12-13-34)32-27-19-39(29-17-23-9-4-7-22-8-5-11-26(29)31(22)23)20-28(27)35-33(36-32)42-21-25-10-6-14-37(25)2/h3-5,7-9,11,24-25,29H,1,6,10,12,14-21H2,2H3/t24-,25-,29+/m0/s1. The van der Waals surface area contributed by atoms with E-state index >= 15 is 0 Å². The second-order valence-corrected chi connectivity index (χ2v) is 12.0. The molecule has 3 atom stereocenters. The number of nitriles is 1. The Morgan fingerprint density at radius 2 is 2.00 bits per heavy atom. The molecular formula is C33H37N7O2. The molecule has 42 heavy (non-hydrogen) atoms. The number of likely N-dealkylation sites (N-methyl/N-ethyl adjacent to an activating group) is 1. The number of anilines is 1. The summed E-state index contributed by atoms with van der Waals surface area (Å²) in [4.78, 5) is 31.4. The lowest BCUT2D eigenvalue weighted by Gasteiger charge is -2.41. The Hall–Kier alpha value is -4.00. The van der Waals surface area contributed by atoms with Crippen LogP contribution in [0.1, 0.15) is 47.7 Å². The summed E-state index contributed by atoms with van der Waals surface area (Å²) in [5, 5.41) is 12.2. The van der Waals surface area contributed by atoms with Crippen LogP contribution in [0.3, 0.4) is 0 Å². The molecular weight excluding hydrogens is 526 g/mol. The first-order valence-corrected chi connectivity index (χ1v) is 15.1. The van der Waals surface area contributed by atoms with Gasteiger partial charge in [-0.2, -0.15) is 15.2 Å². The second-order valence-electron chi connectivity index (χ2n) is 12.0. The average Bonchev–Trinajstić information content (AvgIpc) is 3.73. The van der Waals surface area contributed by atoms with Crippen LogP contribution in [0.4, 0.5) is 5.82 Å². The fraction of sp³-hybridized carbons (Fsp3) is 0.455. The van der Waals surface area contributed by atoms with E-state index < -0.39 is 0 Å². The van der Waals surface area contributed by atoms with Crippen LogP contribution in [-0.4, -0.2) is 82.5 Å². The molecule has 2 aromatic carbocycles. The number of rotatable bonds is 7. The SMILES string of the molecule is C=CC(=O)N1CCN(c2nc(OC[C@@H]3CCCN3C)nc3c2CN([C@@H]2Cc4cccc5cccc2c45)C3)C[C@@H]1CC#N. The molecule has 0 radical (unpaired) electrons. The summed E-state index contributed by atoms with van der Waals surface area (Å²) in [6.45, 7) is 8.48. The third-order valence-corrected chi connectivity index (χ3v) is 9.64. The van der Waals surface area contributed by atoms with Gasteiger partial charge in [0.2, 0.25) is 5.91 Å². The fourth-order valence-corrected chi connectivity index (χ4v) is 7.42. The average molecular weight is 564 g/mol. The zero-order valence-electron chi connectivity index (χ0n) is 24.2. The fourth-order valence-electron chi connectivity index (χ4n) is 7.42. The summed E-state index contributed by atoms with van der Waals surface area (Å²) in [7, 11) is 2.15. The topological polar surface area (TPSA) is 88.8 Å². The van der Waals surface area contributed by atoms with Crippen molar-refractivity contribution in [2.75, 3.05) is 44.7 Å². The minimum atomic E-state index is -0.226. The third-order valence-electron chi connectivity index (χ3n) is 9.64. The molecule has 216 valence electrons. The van der Waals surface area contributed by atoms with Crippen molar-refractivity contribution in [3.05, 3.63) is 71.4 Å². The van der Waals surface area contributed by atoms with Crippen molar-refractivity contribution in [1.29, 1.82) is 5.26 Å². The van der Waals surface area contributed by atoms with Gasteiger partial charge in [0, 0.05) is 50.4 Å². The molecule has 2 fully saturated rings. The van der Waals surface area contributed by atoms with Crippen molar-refractivity contribution in [1.82, 2.24) is 24.7 Å². The zero-order chi connectivity index (χ0) is 28.8. The molecule has 3 aromatic rings. The number of carbonyl (C=O) groups excluding carboxylic acids is 1. The number of carbonyl (C=O) groups is 1. The number of ether oxygens (including phenoxy) is 1. The number of amides is 1. The van der Waals surface area contributed by atoms with E-state index in [-0.39, 0.29) is 24.4 Å². The molecule has 9 heteroatoms. The molecule has 0 bridgehead atoms. The molecule has 1 amide bonds. The van der Waals surface area contributed by atoms with Gasteiger partial charge in [-0.3, -0.25) is 9.69 Å². The molecule has 3 aliphatic heterocycles. The Balaban J connectivity index is 1.20. The normalized spacial score (nSPS) is 23.8.